The van der Waals surface area contributed by atoms with Crippen LogP contribution in [0.1, 0.15) is 221 Å². The number of hydrogen-bond acceptors (Lipinski definition) is 0. The molecule has 16 saturated carbocycles. The monoisotopic (exact) mass is 819 g/mol. The lowest BCUT2D eigenvalue weighted by Crippen LogP contribution is -2.63. The molecule has 0 nitrogen and oxygen atoms in total. The SMILES string of the molecule is CC12CC3CC(C)(C1)CC(P(Cc1ccc(CP(C45CC6CC(C)(CC(C)(C6)C4)C5)C45CC6CC(C)(CC(C)(C6)C4)C5)cc1)C14CC5CC(C)(CC(C)(C5)C1)C4)(C3)C2. The van der Waals surface area contributed by atoms with Gasteiger partial charge in [-0.05, 0) is 265 Å². The maximum atomic E-state index is 2.79. The van der Waals surface area contributed by atoms with Gasteiger partial charge in [0.25, 0.3) is 0 Å². The van der Waals surface area contributed by atoms with Crippen molar-refractivity contribution < 1.29 is 0 Å². The molecule has 0 heterocycles. The summed E-state index contributed by atoms with van der Waals surface area (Å²) in [5.41, 5.74) is 8.44. The highest BCUT2D eigenvalue weighted by Gasteiger charge is 2.71. The van der Waals surface area contributed by atoms with Gasteiger partial charge in [0.15, 0.2) is 0 Å². The summed E-state index contributed by atoms with van der Waals surface area (Å²) in [4.78, 5) is 0. The summed E-state index contributed by atoms with van der Waals surface area (Å²) >= 11 is 0. The lowest BCUT2D eigenvalue weighted by atomic mass is 9.44. The van der Waals surface area contributed by atoms with Gasteiger partial charge in [-0.2, -0.15) is 0 Å². The zero-order valence-corrected chi connectivity index (χ0v) is 40.7. The van der Waals surface area contributed by atoms with E-state index in [4.69, 9.17) is 0 Å². The third-order valence-corrected chi connectivity index (χ3v) is 30.3. The molecule has 16 aliphatic carbocycles. The summed E-state index contributed by atoms with van der Waals surface area (Å²) in [5, 5.41) is 2.55. The molecular formula is C56H84P2. The highest BCUT2D eigenvalue weighted by molar-refractivity contribution is 7.60. The molecule has 16 aliphatic rings. The third kappa shape index (κ3) is 5.61. The smallest absolute Gasteiger partial charge is 0.00631 e. The predicted molar refractivity (Wildman–Crippen MR) is 248 cm³/mol. The van der Waals surface area contributed by atoms with Crippen LogP contribution in [0.2, 0.25) is 0 Å². The number of hydrogen-bond donors (Lipinski definition) is 0. The van der Waals surface area contributed by atoms with E-state index in [0.717, 1.165) is 23.7 Å². The lowest BCUT2D eigenvalue weighted by molar-refractivity contribution is -0.0928. The molecule has 0 aromatic heterocycles. The Morgan fingerprint density at radius 2 is 0.500 bits per heavy atom. The van der Waals surface area contributed by atoms with Crippen molar-refractivity contribution in [2.75, 3.05) is 0 Å². The van der Waals surface area contributed by atoms with E-state index in [9.17, 15) is 0 Å². The van der Waals surface area contributed by atoms with Crippen molar-refractivity contribution in [1.82, 2.24) is 0 Å². The molecule has 0 N–H and O–H groups in total. The molecular weight excluding hydrogens is 735 g/mol. The normalized spacial score (nSPS) is 61.0. The number of rotatable bonds is 8. The Labute approximate surface area is 359 Å². The Hall–Kier alpha value is 0.0800. The first kappa shape index (κ1) is 38.5. The fourth-order valence-electron chi connectivity index (χ4n) is 25.5. The van der Waals surface area contributed by atoms with Crippen molar-refractivity contribution in [3.8, 4) is 0 Å². The maximum Gasteiger partial charge on any atom is -0.00631 e. The maximum absolute atomic E-state index is 2.79. The van der Waals surface area contributed by atoms with Gasteiger partial charge < -0.3 is 0 Å². The second-order valence-electron chi connectivity index (χ2n) is 30.4. The van der Waals surface area contributed by atoms with Gasteiger partial charge in [-0.3, -0.25) is 0 Å². The average molecular weight is 819 g/mol. The lowest BCUT2D eigenvalue weighted by Gasteiger charge is -2.74. The minimum atomic E-state index is -0.0954. The summed E-state index contributed by atoms with van der Waals surface area (Å²) in [6.07, 6.45) is 40.6. The third-order valence-electron chi connectivity index (χ3n) is 22.4. The van der Waals surface area contributed by atoms with Crippen LogP contribution in [0.3, 0.4) is 0 Å². The Balaban J connectivity index is 0.868. The van der Waals surface area contributed by atoms with E-state index in [1.54, 1.807) is 140 Å². The van der Waals surface area contributed by atoms with Crippen LogP contribution in [0, 0.1) is 67.0 Å². The van der Waals surface area contributed by atoms with Gasteiger partial charge in [-0.1, -0.05) is 95.5 Å². The van der Waals surface area contributed by atoms with Gasteiger partial charge in [0, 0.05) is 0 Å². The van der Waals surface area contributed by atoms with Crippen molar-refractivity contribution in [3.05, 3.63) is 35.4 Å². The molecule has 16 bridgehead atoms. The summed E-state index contributed by atoms with van der Waals surface area (Å²) in [6.45, 7) is 22.2. The molecule has 0 radical (unpaired) electrons. The highest BCUT2D eigenvalue weighted by atomic mass is 31.1. The standard InChI is InChI=1S/C56H84P2/c1-45-13-41-14-46(2,27-45)32-53(21-41,31-45)57(54-22-42-15-47(3,33-54)28-48(4,16-42)34-54)25-39-9-11-40(12-10-39)26-58(55-23-43-17-49(5,35-55)29-50(6,18-43)36-55)56-24-44-19-51(7,37-56)30-52(8,20-44)38-56/h9-12,41-44H,13-38H2,1-8H3. The van der Waals surface area contributed by atoms with Crippen molar-refractivity contribution in [3.63, 3.8) is 0 Å². The zero-order valence-electron chi connectivity index (χ0n) is 38.9. The van der Waals surface area contributed by atoms with Crippen LogP contribution in [0.5, 0.6) is 0 Å². The van der Waals surface area contributed by atoms with Crippen LogP contribution in [0.15, 0.2) is 24.3 Å². The zero-order chi connectivity index (χ0) is 39.8. The van der Waals surface area contributed by atoms with Gasteiger partial charge in [0.1, 0.15) is 0 Å². The van der Waals surface area contributed by atoms with Crippen LogP contribution < -0.4 is 0 Å². The molecule has 8 unspecified atom stereocenters. The largest absolute Gasteiger partial charge is 0.0894 e. The Kier molecular flexibility index (Phi) is 7.50. The summed E-state index contributed by atoms with van der Waals surface area (Å²) in [5.74, 6) is 4.06. The van der Waals surface area contributed by atoms with Crippen LogP contribution in [-0.4, -0.2) is 20.6 Å². The molecule has 318 valence electrons. The second kappa shape index (κ2) is 11.3. The predicted octanol–water partition coefficient (Wildman–Crippen LogP) is 16.6. The summed E-state index contributed by atoms with van der Waals surface area (Å²) in [7, 11) is -0.191. The molecule has 17 rings (SSSR count). The van der Waals surface area contributed by atoms with E-state index in [0.29, 0.717) is 63.9 Å². The molecule has 0 aliphatic heterocycles. The topological polar surface area (TPSA) is 0 Å². The van der Waals surface area contributed by atoms with E-state index in [1.807, 2.05) is 0 Å². The van der Waals surface area contributed by atoms with Gasteiger partial charge in [0.05, 0.1) is 0 Å². The Morgan fingerprint density at radius 1 is 0.310 bits per heavy atom. The van der Waals surface area contributed by atoms with Crippen LogP contribution in [0.4, 0.5) is 0 Å². The molecule has 0 spiro atoms. The van der Waals surface area contributed by atoms with Crippen LogP contribution in [0.25, 0.3) is 0 Å². The first-order valence-corrected chi connectivity index (χ1v) is 28.7. The van der Waals surface area contributed by atoms with Crippen molar-refractivity contribution in [2.24, 2.45) is 67.0 Å². The first-order valence-electron chi connectivity index (χ1n) is 25.7. The van der Waals surface area contributed by atoms with Gasteiger partial charge >= 0.3 is 0 Å². The molecule has 0 saturated heterocycles. The average Bonchev–Trinajstić information content (AvgIpc) is 2.99. The van der Waals surface area contributed by atoms with Gasteiger partial charge in [-0.25, -0.2) is 0 Å². The molecule has 1 aromatic carbocycles. The van der Waals surface area contributed by atoms with E-state index >= 15 is 0 Å². The second-order valence-corrected chi connectivity index (χ2v) is 36.5. The van der Waals surface area contributed by atoms with Crippen LogP contribution >= 0.6 is 15.8 Å². The minimum absolute atomic E-state index is 0.0954. The fraction of sp³-hybridized carbons (Fsp3) is 0.893. The quantitative estimate of drug-likeness (QED) is 0.229. The molecule has 2 heteroatoms. The molecule has 1 aromatic rings. The fourth-order valence-corrected chi connectivity index (χ4v) is 36.5. The molecule has 16 fully saturated rings. The van der Waals surface area contributed by atoms with E-state index < -0.39 is 0 Å². The van der Waals surface area contributed by atoms with Crippen molar-refractivity contribution in [1.29, 1.82) is 0 Å². The summed E-state index contributed by atoms with van der Waals surface area (Å²) < 4.78 is 0. The van der Waals surface area contributed by atoms with Crippen LogP contribution in [-0.2, 0) is 12.3 Å². The van der Waals surface area contributed by atoms with Gasteiger partial charge in [-0.15, -0.1) is 0 Å². The Bertz CT molecular complexity index is 1600. The summed E-state index contributed by atoms with van der Waals surface area (Å²) in [6, 6.07) is 11.2. The van der Waals surface area contributed by atoms with Crippen molar-refractivity contribution >= 4 is 15.8 Å². The Morgan fingerprint density at radius 3 is 0.672 bits per heavy atom. The molecule has 58 heavy (non-hydrogen) atoms. The first-order chi connectivity index (χ1) is 27.0. The van der Waals surface area contributed by atoms with Crippen molar-refractivity contribution in [2.45, 2.75) is 242 Å². The molecule has 0 amide bonds. The highest BCUT2D eigenvalue weighted by Crippen LogP contribution is 2.86. The molecule has 8 atom stereocenters. The minimum Gasteiger partial charge on any atom is -0.0894 e. The van der Waals surface area contributed by atoms with E-state index in [1.165, 1.54) is 38.0 Å². The van der Waals surface area contributed by atoms with E-state index in [2.05, 4.69) is 79.7 Å². The number of benzene rings is 1. The van der Waals surface area contributed by atoms with Gasteiger partial charge in [0.2, 0.25) is 0 Å². The van der Waals surface area contributed by atoms with E-state index in [-0.39, 0.29) is 15.8 Å².